The summed E-state index contributed by atoms with van der Waals surface area (Å²) >= 11 is 3.44. The summed E-state index contributed by atoms with van der Waals surface area (Å²) in [7, 11) is 0. The topological polar surface area (TPSA) is 29.5 Å². The van der Waals surface area contributed by atoms with E-state index < -0.39 is 0 Å². The second-order valence-electron chi connectivity index (χ2n) is 5.21. The zero-order chi connectivity index (χ0) is 14.7. The largest absolute Gasteiger partial charge is 0.457 e. The summed E-state index contributed by atoms with van der Waals surface area (Å²) in [6.07, 6.45) is 0. The van der Waals surface area contributed by atoms with Crippen LogP contribution < -0.4 is 4.74 Å². The standard InChI is InChI=1S/C17H19BrO2/c1-11(2)15-7-4-12(3)8-17(15)20-16-9-14(18)6-5-13(16)10-19/h4-9,11,19H,10H2,1-3H3. The second kappa shape index (κ2) is 6.42. The van der Waals surface area contributed by atoms with E-state index in [1.807, 2.05) is 31.2 Å². The maximum atomic E-state index is 9.43. The van der Waals surface area contributed by atoms with Crippen LogP contribution in [-0.2, 0) is 6.61 Å². The number of aryl methyl sites for hydroxylation is 1. The van der Waals surface area contributed by atoms with Crippen molar-refractivity contribution in [1.29, 1.82) is 0 Å². The highest BCUT2D eigenvalue weighted by Crippen LogP contribution is 2.34. The van der Waals surface area contributed by atoms with Gasteiger partial charge in [-0.3, -0.25) is 0 Å². The van der Waals surface area contributed by atoms with Gasteiger partial charge in [-0.15, -0.1) is 0 Å². The summed E-state index contributed by atoms with van der Waals surface area (Å²) in [5, 5.41) is 9.43. The molecule has 0 aliphatic heterocycles. The highest BCUT2D eigenvalue weighted by Gasteiger charge is 2.11. The van der Waals surface area contributed by atoms with Crippen molar-refractivity contribution in [3.8, 4) is 11.5 Å². The second-order valence-corrected chi connectivity index (χ2v) is 6.12. The van der Waals surface area contributed by atoms with Gasteiger partial charge in [0.2, 0.25) is 0 Å². The van der Waals surface area contributed by atoms with E-state index in [4.69, 9.17) is 4.74 Å². The third-order valence-electron chi connectivity index (χ3n) is 3.21. The molecule has 0 saturated heterocycles. The van der Waals surface area contributed by atoms with Crippen LogP contribution in [0, 0.1) is 6.92 Å². The molecule has 0 fully saturated rings. The molecule has 0 aromatic heterocycles. The van der Waals surface area contributed by atoms with Crippen molar-refractivity contribution >= 4 is 15.9 Å². The van der Waals surface area contributed by atoms with E-state index in [0.29, 0.717) is 11.7 Å². The van der Waals surface area contributed by atoms with Crippen molar-refractivity contribution in [2.75, 3.05) is 0 Å². The lowest BCUT2D eigenvalue weighted by Crippen LogP contribution is -1.97. The molecule has 0 unspecified atom stereocenters. The van der Waals surface area contributed by atoms with Crippen molar-refractivity contribution in [3.05, 3.63) is 57.6 Å². The summed E-state index contributed by atoms with van der Waals surface area (Å²) in [4.78, 5) is 0. The molecular weight excluding hydrogens is 316 g/mol. The molecule has 0 spiro atoms. The van der Waals surface area contributed by atoms with Crippen molar-refractivity contribution < 1.29 is 9.84 Å². The zero-order valence-electron chi connectivity index (χ0n) is 12.0. The van der Waals surface area contributed by atoms with E-state index in [0.717, 1.165) is 21.3 Å². The highest BCUT2D eigenvalue weighted by atomic mass is 79.9. The molecule has 0 atom stereocenters. The van der Waals surface area contributed by atoms with Gasteiger partial charge >= 0.3 is 0 Å². The number of ether oxygens (including phenoxy) is 1. The Hall–Kier alpha value is -1.32. The van der Waals surface area contributed by atoms with Crippen LogP contribution >= 0.6 is 15.9 Å². The Balaban J connectivity index is 2.44. The molecule has 2 aromatic rings. The van der Waals surface area contributed by atoms with Gasteiger partial charge in [-0.25, -0.2) is 0 Å². The average Bonchev–Trinajstić information content (AvgIpc) is 2.38. The van der Waals surface area contributed by atoms with Crippen LogP contribution in [0.4, 0.5) is 0 Å². The lowest BCUT2D eigenvalue weighted by molar-refractivity contribution is 0.276. The molecular formula is C17H19BrO2. The summed E-state index contributed by atoms with van der Waals surface area (Å²) in [5.41, 5.74) is 3.11. The van der Waals surface area contributed by atoms with Gasteiger partial charge in [0.25, 0.3) is 0 Å². The first-order chi connectivity index (χ1) is 9.51. The van der Waals surface area contributed by atoms with Crippen molar-refractivity contribution in [2.45, 2.75) is 33.3 Å². The molecule has 0 heterocycles. The van der Waals surface area contributed by atoms with E-state index >= 15 is 0 Å². The van der Waals surface area contributed by atoms with Gasteiger partial charge in [0, 0.05) is 10.0 Å². The predicted octanol–water partition coefficient (Wildman–Crippen LogP) is 5.17. The number of aliphatic hydroxyl groups excluding tert-OH is 1. The van der Waals surface area contributed by atoms with E-state index in [9.17, 15) is 5.11 Å². The SMILES string of the molecule is Cc1ccc(C(C)C)c(Oc2cc(Br)ccc2CO)c1. The Morgan fingerprint density at radius 2 is 1.85 bits per heavy atom. The Morgan fingerprint density at radius 1 is 1.10 bits per heavy atom. The van der Waals surface area contributed by atoms with Crippen LogP contribution in [0.15, 0.2) is 40.9 Å². The molecule has 0 saturated carbocycles. The molecule has 0 bridgehead atoms. The average molecular weight is 335 g/mol. The third kappa shape index (κ3) is 3.41. The van der Waals surface area contributed by atoms with Crippen LogP contribution in [0.5, 0.6) is 11.5 Å². The fourth-order valence-corrected chi connectivity index (χ4v) is 2.42. The molecule has 3 heteroatoms. The Morgan fingerprint density at radius 3 is 2.50 bits per heavy atom. The summed E-state index contributed by atoms with van der Waals surface area (Å²) in [6, 6.07) is 11.9. The van der Waals surface area contributed by atoms with E-state index in [2.05, 4.69) is 41.9 Å². The number of benzene rings is 2. The van der Waals surface area contributed by atoms with Crippen molar-refractivity contribution in [1.82, 2.24) is 0 Å². The Bertz CT molecular complexity index is 606. The maximum absolute atomic E-state index is 9.43. The van der Waals surface area contributed by atoms with Crippen LogP contribution in [0.3, 0.4) is 0 Å². The molecule has 106 valence electrons. The first kappa shape index (κ1) is 15.1. The monoisotopic (exact) mass is 334 g/mol. The number of hydrogen-bond donors (Lipinski definition) is 1. The van der Waals surface area contributed by atoms with Crippen LogP contribution in [0.2, 0.25) is 0 Å². The Labute approximate surface area is 128 Å². The van der Waals surface area contributed by atoms with Gasteiger partial charge in [-0.2, -0.15) is 0 Å². The predicted molar refractivity (Wildman–Crippen MR) is 85.4 cm³/mol. The number of aliphatic hydroxyl groups is 1. The third-order valence-corrected chi connectivity index (χ3v) is 3.70. The molecule has 2 nitrogen and oxygen atoms in total. The normalized spacial score (nSPS) is 10.9. The first-order valence-corrected chi connectivity index (χ1v) is 7.48. The summed E-state index contributed by atoms with van der Waals surface area (Å²) < 4.78 is 7.00. The van der Waals surface area contributed by atoms with Crippen molar-refractivity contribution in [3.63, 3.8) is 0 Å². The summed E-state index contributed by atoms with van der Waals surface area (Å²) in [6.45, 7) is 6.30. The molecule has 1 N–H and O–H groups in total. The maximum Gasteiger partial charge on any atom is 0.134 e. The zero-order valence-corrected chi connectivity index (χ0v) is 13.6. The quantitative estimate of drug-likeness (QED) is 0.836. The van der Waals surface area contributed by atoms with Crippen LogP contribution in [0.1, 0.15) is 36.5 Å². The molecule has 0 aliphatic carbocycles. The smallest absolute Gasteiger partial charge is 0.134 e. The number of halogens is 1. The first-order valence-electron chi connectivity index (χ1n) is 6.69. The number of rotatable bonds is 4. The highest BCUT2D eigenvalue weighted by molar-refractivity contribution is 9.10. The van der Waals surface area contributed by atoms with Gasteiger partial charge in [0.15, 0.2) is 0 Å². The minimum Gasteiger partial charge on any atom is -0.457 e. The Kier molecular flexibility index (Phi) is 4.84. The lowest BCUT2D eigenvalue weighted by atomic mass is 10.0. The fourth-order valence-electron chi connectivity index (χ4n) is 2.08. The van der Waals surface area contributed by atoms with Crippen molar-refractivity contribution in [2.24, 2.45) is 0 Å². The van der Waals surface area contributed by atoms with E-state index in [1.54, 1.807) is 0 Å². The van der Waals surface area contributed by atoms with E-state index in [1.165, 1.54) is 5.56 Å². The minimum absolute atomic E-state index is 0.0363. The molecule has 0 aliphatic rings. The molecule has 0 radical (unpaired) electrons. The summed E-state index contributed by atoms with van der Waals surface area (Å²) in [5.74, 6) is 1.93. The molecule has 2 aromatic carbocycles. The van der Waals surface area contributed by atoms with Gasteiger partial charge < -0.3 is 9.84 Å². The van der Waals surface area contributed by atoms with Crippen LogP contribution in [0.25, 0.3) is 0 Å². The van der Waals surface area contributed by atoms with Gasteiger partial charge in [0.05, 0.1) is 6.61 Å². The lowest BCUT2D eigenvalue weighted by Gasteiger charge is -2.16. The molecule has 20 heavy (non-hydrogen) atoms. The molecule has 2 rings (SSSR count). The minimum atomic E-state index is -0.0363. The van der Waals surface area contributed by atoms with Gasteiger partial charge in [-0.05, 0) is 42.2 Å². The van der Waals surface area contributed by atoms with Gasteiger partial charge in [0.1, 0.15) is 11.5 Å². The fraction of sp³-hybridized carbons (Fsp3) is 0.294. The van der Waals surface area contributed by atoms with Crippen LogP contribution in [-0.4, -0.2) is 5.11 Å². The van der Waals surface area contributed by atoms with Gasteiger partial charge in [-0.1, -0.05) is 48.0 Å². The molecule has 0 amide bonds. The number of hydrogen-bond acceptors (Lipinski definition) is 2. The van der Waals surface area contributed by atoms with E-state index in [-0.39, 0.29) is 6.61 Å².